The number of carbonyl (C=O) groups is 2. The fourth-order valence-corrected chi connectivity index (χ4v) is 6.84. The van der Waals surface area contributed by atoms with Gasteiger partial charge < -0.3 is 30.7 Å². The van der Waals surface area contributed by atoms with Crippen LogP contribution in [0.4, 0.5) is 0 Å². The van der Waals surface area contributed by atoms with Crippen molar-refractivity contribution in [2.75, 3.05) is 0 Å². The predicted octanol–water partition coefficient (Wildman–Crippen LogP) is 10.6. The summed E-state index contributed by atoms with van der Waals surface area (Å²) in [5.41, 5.74) is 9.86. The number of amides is 2. The van der Waals surface area contributed by atoms with Crippen LogP contribution in [0.25, 0.3) is 55.7 Å². The predicted molar refractivity (Wildman–Crippen MR) is 257 cm³/mol. The molecule has 0 spiro atoms. The van der Waals surface area contributed by atoms with Crippen molar-refractivity contribution in [1.82, 2.24) is 35.6 Å². The van der Waals surface area contributed by atoms with E-state index in [0.717, 1.165) is 56.1 Å². The third kappa shape index (κ3) is 12.8. The molecule has 0 aliphatic heterocycles. The van der Waals surface area contributed by atoms with Crippen molar-refractivity contribution >= 4 is 33.6 Å². The number of hydrogen-bond donors (Lipinski definition) is 2. The first-order chi connectivity index (χ1) is 32.1. The molecule has 0 aliphatic rings. The Morgan fingerprint density at radius 3 is 1.62 bits per heavy atom. The molecule has 0 fully saturated rings. The normalized spacial score (nSPS) is 10.8. The first-order valence-electron chi connectivity index (χ1n) is 21.1. The molecule has 0 saturated carbocycles. The Bertz CT molecular complexity index is 2960. The summed E-state index contributed by atoms with van der Waals surface area (Å²) in [7, 11) is 0. The molecular formula is C56H43IrN7O2-5. The first-order valence-corrected chi connectivity index (χ1v) is 21.1. The second-order valence-corrected chi connectivity index (χ2v) is 14.8. The minimum Gasteiger partial charge on any atom is -3.00 e. The molecule has 9 nitrogen and oxygen atoms in total. The van der Waals surface area contributed by atoms with Gasteiger partial charge in [-0.05, 0) is 87.9 Å². The van der Waals surface area contributed by atoms with Gasteiger partial charge in [0.05, 0.1) is 22.4 Å². The molecule has 2 N–H and O–H groups in total. The molecule has 5 aromatic carbocycles. The fourth-order valence-electron chi connectivity index (χ4n) is 6.84. The van der Waals surface area contributed by atoms with Gasteiger partial charge in [-0.15, -0.1) is 71.8 Å². The molecule has 1 atom stereocenters. The van der Waals surface area contributed by atoms with E-state index in [9.17, 15) is 9.59 Å². The van der Waals surface area contributed by atoms with Crippen LogP contribution >= 0.6 is 0 Å². The summed E-state index contributed by atoms with van der Waals surface area (Å²) in [6, 6.07) is 67.9. The third-order valence-electron chi connectivity index (χ3n) is 10.2. The second kappa shape index (κ2) is 23.6. The van der Waals surface area contributed by atoms with Crippen molar-refractivity contribution in [3.63, 3.8) is 0 Å². The molecule has 0 saturated heterocycles. The van der Waals surface area contributed by atoms with Crippen molar-refractivity contribution in [3.05, 3.63) is 248 Å². The van der Waals surface area contributed by atoms with Crippen LogP contribution in [0.5, 0.6) is 0 Å². The maximum absolute atomic E-state index is 13.0. The number of nitrogens with zero attached hydrogens (tertiary/aromatic N) is 5. The van der Waals surface area contributed by atoms with Gasteiger partial charge in [-0.3, -0.25) is 34.5 Å². The summed E-state index contributed by atoms with van der Waals surface area (Å²) < 4.78 is 0. The number of para-hydroxylation sites is 2. The number of rotatable bonds is 10. The topological polar surface area (TPSA) is 123 Å². The van der Waals surface area contributed by atoms with E-state index in [2.05, 4.69) is 72.0 Å². The smallest absolute Gasteiger partial charge is 0.251 e. The molecule has 0 aliphatic carbocycles. The van der Waals surface area contributed by atoms with Crippen LogP contribution in [-0.4, -0.2) is 42.8 Å². The number of hydrogen-bond acceptors (Lipinski definition) is 7. The SMILES string of the molecule is O=C(N[C@@H](Cc1ccncc1)C(=O)NCc1ccc(-c2ccccn2)nc1)c1ccccc1.[Ir-3].[c-]1ccccc1-c1ccc2ccccc2n1.[c-]1ccccc1-c1ccc2ccccc2n1. The van der Waals surface area contributed by atoms with Crippen LogP contribution in [0.1, 0.15) is 21.5 Å². The van der Waals surface area contributed by atoms with E-state index in [0.29, 0.717) is 18.5 Å². The van der Waals surface area contributed by atoms with Crippen molar-refractivity contribution < 1.29 is 29.7 Å². The van der Waals surface area contributed by atoms with Gasteiger partial charge in [-0.2, -0.15) is 0 Å². The van der Waals surface area contributed by atoms with E-state index >= 15 is 0 Å². The van der Waals surface area contributed by atoms with Crippen LogP contribution < -0.4 is 10.6 Å². The molecule has 10 aromatic rings. The standard InChI is InChI=1S/C26H23N5O2.2C15H10N.Ir/c32-25(21-6-2-1-3-7-21)31-24(16-19-11-14-27-15-12-19)26(33)30-18-20-9-10-23(29-17-20)22-8-4-5-13-28-22;2*1-2-6-12(7-3-1)15-11-10-13-8-4-5-9-14(13)16-15;/h1-15,17,24H,16,18H2,(H,30,33)(H,31,32);2*1-6,8-11H;/q;2*-1;-3/t24-;;;/m0.../s1. The summed E-state index contributed by atoms with van der Waals surface area (Å²) in [6.07, 6.45) is 7.11. The zero-order valence-corrected chi connectivity index (χ0v) is 38.1. The van der Waals surface area contributed by atoms with E-state index in [-0.39, 0.29) is 31.9 Å². The van der Waals surface area contributed by atoms with E-state index in [1.165, 1.54) is 10.8 Å². The number of fused-ring (bicyclic) bond motifs is 2. The van der Waals surface area contributed by atoms with Crippen molar-refractivity contribution in [3.8, 4) is 33.9 Å². The average Bonchev–Trinajstić information content (AvgIpc) is 3.39. The Kier molecular flexibility index (Phi) is 16.4. The van der Waals surface area contributed by atoms with Crippen molar-refractivity contribution in [1.29, 1.82) is 0 Å². The van der Waals surface area contributed by atoms with Crippen LogP contribution in [0.2, 0.25) is 0 Å². The quantitative estimate of drug-likeness (QED) is 0.131. The summed E-state index contributed by atoms with van der Waals surface area (Å²) in [6.45, 7) is 0.294. The van der Waals surface area contributed by atoms with Gasteiger partial charge in [0.2, 0.25) is 5.91 Å². The van der Waals surface area contributed by atoms with E-state index in [1.807, 2.05) is 146 Å². The average molecular weight is 1040 g/mol. The van der Waals surface area contributed by atoms with Crippen LogP contribution in [-0.2, 0) is 37.9 Å². The largest absolute Gasteiger partial charge is 3.00 e. The minimum absolute atomic E-state index is 0. The molecule has 10 heteroatoms. The minimum atomic E-state index is -0.735. The van der Waals surface area contributed by atoms with Crippen LogP contribution in [0, 0.1) is 12.1 Å². The maximum Gasteiger partial charge on any atom is 0.251 e. The Morgan fingerprint density at radius 2 is 1.06 bits per heavy atom. The summed E-state index contributed by atoms with van der Waals surface area (Å²) in [5.74, 6) is -0.573. The van der Waals surface area contributed by atoms with Gasteiger partial charge in [-0.1, -0.05) is 91.0 Å². The van der Waals surface area contributed by atoms with E-state index in [4.69, 9.17) is 0 Å². The van der Waals surface area contributed by atoms with Crippen molar-refractivity contribution in [2.24, 2.45) is 0 Å². The van der Waals surface area contributed by atoms with Crippen LogP contribution in [0.15, 0.2) is 219 Å². The molecule has 0 radical (unpaired) electrons. The number of benzene rings is 5. The summed E-state index contributed by atoms with van der Waals surface area (Å²) in [5, 5.41) is 8.10. The molecule has 10 rings (SSSR count). The number of nitrogens with one attached hydrogen (secondary N) is 2. The fraction of sp³-hybridized carbons (Fsp3) is 0.0536. The summed E-state index contributed by atoms with van der Waals surface area (Å²) >= 11 is 0. The zero-order chi connectivity index (χ0) is 44.5. The van der Waals surface area contributed by atoms with Gasteiger partial charge in [0, 0.05) is 43.3 Å². The summed E-state index contributed by atoms with van der Waals surface area (Å²) in [4.78, 5) is 47.6. The van der Waals surface area contributed by atoms with Gasteiger partial charge >= 0.3 is 0 Å². The Balaban J connectivity index is 0.000000163. The first kappa shape index (κ1) is 46.0. The number of aromatic nitrogens is 5. The Hall–Kier alpha value is -8.04. The van der Waals surface area contributed by atoms with Gasteiger partial charge in [0.25, 0.3) is 5.91 Å². The molecule has 0 unspecified atom stereocenters. The number of pyridine rings is 5. The molecule has 66 heavy (non-hydrogen) atoms. The monoisotopic (exact) mass is 1040 g/mol. The zero-order valence-electron chi connectivity index (χ0n) is 35.7. The van der Waals surface area contributed by atoms with E-state index in [1.54, 1.807) is 49.1 Å². The maximum atomic E-state index is 13.0. The second-order valence-electron chi connectivity index (χ2n) is 14.8. The Morgan fingerprint density at radius 1 is 0.500 bits per heavy atom. The molecule has 328 valence electrons. The Labute approximate surface area is 397 Å². The molecule has 2 amide bonds. The van der Waals surface area contributed by atoms with Crippen LogP contribution in [0.3, 0.4) is 0 Å². The van der Waals surface area contributed by atoms with E-state index < -0.39 is 6.04 Å². The van der Waals surface area contributed by atoms with Crippen molar-refractivity contribution in [2.45, 2.75) is 19.0 Å². The molecule has 0 bridgehead atoms. The van der Waals surface area contributed by atoms with Gasteiger partial charge in [-0.25, -0.2) is 0 Å². The molecule has 5 aromatic heterocycles. The molecule has 5 heterocycles. The van der Waals surface area contributed by atoms with Gasteiger partial charge in [0.1, 0.15) is 6.04 Å². The van der Waals surface area contributed by atoms with Gasteiger partial charge in [0.15, 0.2) is 0 Å². The number of carbonyl (C=O) groups excluding carboxylic acids is 2. The third-order valence-corrected chi connectivity index (χ3v) is 10.2. The molecular weight excluding hydrogens is 995 g/mol.